The van der Waals surface area contributed by atoms with Gasteiger partial charge in [-0.25, -0.2) is 0 Å². The van der Waals surface area contributed by atoms with E-state index in [2.05, 4.69) is 45.5 Å². The number of para-hydroxylation sites is 1. The number of carbonyl (C=O) groups excluding carboxylic acids is 1. The highest BCUT2D eigenvalue weighted by atomic mass is 32.1. The first-order valence-electron chi connectivity index (χ1n) is 6.44. The predicted molar refractivity (Wildman–Crippen MR) is 79.5 cm³/mol. The van der Waals surface area contributed by atoms with E-state index in [1.54, 1.807) is 0 Å². The van der Waals surface area contributed by atoms with E-state index in [0.717, 1.165) is 18.0 Å². The number of rotatable bonds is 2. The molecule has 2 rings (SSSR count). The number of thiol groups is 1. The van der Waals surface area contributed by atoms with Crippen molar-refractivity contribution in [2.45, 2.75) is 32.6 Å². The van der Waals surface area contributed by atoms with E-state index in [4.69, 9.17) is 0 Å². The van der Waals surface area contributed by atoms with Crippen LogP contribution >= 0.6 is 12.6 Å². The summed E-state index contributed by atoms with van der Waals surface area (Å²) >= 11 is 4.31. The van der Waals surface area contributed by atoms with Crippen LogP contribution in [0.2, 0.25) is 0 Å². The molecule has 0 aromatic heterocycles. The van der Waals surface area contributed by atoms with Crippen LogP contribution in [-0.4, -0.2) is 18.2 Å². The number of benzene rings is 1. The van der Waals surface area contributed by atoms with Gasteiger partial charge < -0.3 is 4.90 Å². The molecule has 1 aliphatic rings. The van der Waals surface area contributed by atoms with Crippen LogP contribution in [0.1, 0.15) is 32.8 Å². The van der Waals surface area contributed by atoms with Crippen LogP contribution in [0.4, 0.5) is 5.69 Å². The molecule has 18 heavy (non-hydrogen) atoms. The lowest BCUT2D eigenvalue weighted by atomic mass is 9.85. The van der Waals surface area contributed by atoms with Gasteiger partial charge in [-0.3, -0.25) is 4.79 Å². The Kier molecular flexibility index (Phi) is 3.71. The highest BCUT2D eigenvalue weighted by Crippen LogP contribution is 2.35. The first-order chi connectivity index (χ1) is 8.43. The van der Waals surface area contributed by atoms with Gasteiger partial charge in [0.05, 0.1) is 0 Å². The average molecular weight is 263 g/mol. The van der Waals surface area contributed by atoms with Crippen LogP contribution in [0.3, 0.4) is 0 Å². The second-order valence-corrected chi connectivity index (χ2v) is 6.39. The van der Waals surface area contributed by atoms with Gasteiger partial charge in [0, 0.05) is 18.7 Å². The molecule has 0 radical (unpaired) electrons. The van der Waals surface area contributed by atoms with Crippen molar-refractivity contribution in [3.05, 3.63) is 29.8 Å². The summed E-state index contributed by atoms with van der Waals surface area (Å²) in [5.41, 5.74) is 2.35. The molecular weight excluding hydrogens is 242 g/mol. The molecule has 1 saturated heterocycles. The molecule has 0 N–H and O–H groups in total. The third-order valence-electron chi connectivity index (χ3n) is 3.47. The van der Waals surface area contributed by atoms with Gasteiger partial charge in [-0.1, -0.05) is 39.0 Å². The number of carbonyl (C=O) groups is 1. The number of hydrogen-bond donors (Lipinski definition) is 1. The lowest BCUT2D eigenvalue weighted by molar-refractivity contribution is -0.117. The predicted octanol–water partition coefficient (Wildman–Crippen LogP) is 3.27. The maximum atomic E-state index is 12.1. The molecule has 3 heteroatoms. The zero-order chi connectivity index (χ0) is 13.3. The van der Waals surface area contributed by atoms with Gasteiger partial charge in [-0.05, 0) is 28.7 Å². The summed E-state index contributed by atoms with van der Waals surface area (Å²) in [5.74, 6) is 1.39. The van der Waals surface area contributed by atoms with Crippen LogP contribution < -0.4 is 4.90 Å². The van der Waals surface area contributed by atoms with Crippen LogP contribution in [0, 0.1) is 5.92 Å². The fourth-order valence-corrected chi connectivity index (χ4v) is 2.72. The number of amides is 1. The van der Waals surface area contributed by atoms with E-state index in [9.17, 15) is 4.79 Å². The van der Waals surface area contributed by atoms with Crippen molar-refractivity contribution in [2.75, 3.05) is 17.2 Å². The van der Waals surface area contributed by atoms with Crippen molar-refractivity contribution in [1.82, 2.24) is 0 Å². The fourth-order valence-electron chi connectivity index (χ4n) is 2.48. The summed E-state index contributed by atoms with van der Waals surface area (Å²) in [4.78, 5) is 14.0. The summed E-state index contributed by atoms with van der Waals surface area (Å²) in [6, 6.07) is 8.22. The zero-order valence-electron chi connectivity index (χ0n) is 11.3. The molecule has 0 saturated carbocycles. The maximum absolute atomic E-state index is 12.1. The van der Waals surface area contributed by atoms with E-state index in [1.807, 2.05) is 17.0 Å². The van der Waals surface area contributed by atoms with Gasteiger partial charge in [0.15, 0.2) is 0 Å². The van der Waals surface area contributed by atoms with E-state index in [-0.39, 0.29) is 11.3 Å². The van der Waals surface area contributed by atoms with E-state index >= 15 is 0 Å². The highest BCUT2D eigenvalue weighted by molar-refractivity contribution is 7.80. The summed E-state index contributed by atoms with van der Waals surface area (Å²) in [6.07, 6.45) is 0.627. The van der Waals surface area contributed by atoms with Crippen LogP contribution in [0.15, 0.2) is 24.3 Å². The van der Waals surface area contributed by atoms with Gasteiger partial charge in [-0.15, -0.1) is 0 Å². The van der Waals surface area contributed by atoms with Crippen LogP contribution in [0.5, 0.6) is 0 Å². The largest absolute Gasteiger partial charge is 0.312 e. The highest BCUT2D eigenvalue weighted by Gasteiger charge is 2.32. The molecule has 1 aliphatic heterocycles. The Bertz CT molecular complexity index is 450. The van der Waals surface area contributed by atoms with Crippen LogP contribution in [-0.2, 0) is 10.2 Å². The topological polar surface area (TPSA) is 20.3 Å². The molecule has 1 unspecified atom stereocenters. The number of nitrogens with zero attached hydrogens (tertiary/aromatic N) is 1. The summed E-state index contributed by atoms with van der Waals surface area (Å²) in [5, 5.41) is 0. The summed E-state index contributed by atoms with van der Waals surface area (Å²) < 4.78 is 0. The molecule has 1 atom stereocenters. The Morgan fingerprint density at radius 2 is 2.00 bits per heavy atom. The number of hydrogen-bond acceptors (Lipinski definition) is 2. The minimum Gasteiger partial charge on any atom is -0.312 e. The Morgan fingerprint density at radius 1 is 1.33 bits per heavy atom. The molecule has 2 nitrogen and oxygen atoms in total. The van der Waals surface area contributed by atoms with Gasteiger partial charge >= 0.3 is 0 Å². The second kappa shape index (κ2) is 4.96. The third kappa shape index (κ3) is 2.56. The smallest absolute Gasteiger partial charge is 0.227 e. The van der Waals surface area contributed by atoms with Gasteiger partial charge in [-0.2, -0.15) is 12.6 Å². The monoisotopic (exact) mass is 263 g/mol. The first kappa shape index (κ1) is 13.5. The Balaban J connectivity index is 2.37. The molecule has 1 aromatic carbocycles. The second-order valence-electron chi connectivity index (χ2n) is 6.02. The van der Waals surface area contributed by atoms with Crippen LogP contribution in [0.25, 0.3) is 0 Å². The zero-order valence-corrected chi connectivity index (χ0v) is 12.2. The third-order valence-corrected chi connectivity index (χ3v) is 3.98. The molecule has 0 spiro atoms. The maximum Gasteiger partial charge on any atom is 0.227 e. The van der Waals surface area contributed by atoms with Crippen molar-refractivity contribution in [3.8, 4) is 0 Å². The molecule has 1 fully saturated rings. The molecular formula is C15H21NOS. The summed E-state index contributed by atoms with van der Waals surface area (Å²) in [6.45, 7) is 7.35. The summed E-state index contributed by atoms with van der Waals surface area (Å²) in [7, 11) is 0. The standard InChI is InChI=1S/C15H21NOS/c1-15(2,3)12-6-4-5-7-13(12)16-9-11(10-18)8-14(16)17/h4-7,11,18H,8-10H2,1-3H3. The average Bonchev–Trinajstić information content (AvgIpc) is 2.69. The quantitative estimate of drug-likeness (QED) is 0.812. The Labute approximate surface area is 115 Å². The SMILES string of the molecule is CC(C)(C)c1ccccc1N1CC(CS)CC1=O. The van der Waals surface area contributed by atoms with Crippen molar-refractivity contribution in [3.63, 3.8) is 0 Å². The minimum absolute atomic E-state index is 0.0515. The lowest BCUT2D eigenvalue weighted by Crippen LogP contribution is -2.28. The van der Waals surface area contributed by atoms with E-state index in [1.165, 1.54) is 5.56 Å². The fraction of sp³-hybridized carbons (Fsp3) is 0.533. The van der Waals surface area contributed by atoms with Gasteiger partial charge in [0.1, 0.15) is 0 Å². The molecule has 1 heterocycles. The molecule has 0 aliphatic carbocycles. The van der Waals surface area contributed by atoms with E-state index < -0.39 is 0 Å². The van der Waals surface area contributed by atoms with Crippen molar-refractivity contribution >= 4 is 24.2 Å². The van der Waals surface area contributed by atoms with Crippen molar-refractivity contribution < 1.29 is 4.79 Å². The Hall–Kier alpha value is -0.960. The Morgan fingerprint density at radius 3 is 2.56 bits per heavy atom. The molecule has 98 valence electrons. The molecule has 1 aromatic rings. The van der Waals surface area contributed by atoms with Gasteiger partial charge in [0.2, 0.25) is 5.91 Å². The van der Waals surface area contributed by atoms with Crippen molar-refractivity contribution in [1.29, 1.82) is 0 Å². The molecule has 0 bridgehead atoms. The van der Waals surface area contributed by atoms with E-state index in [0.29, 0.717) is 12.3 Å². The van der Waals surface area contributed by atoms with Crippen molar-refractivity contribution in [2.24, 2.45) is 5.92 Å². The minimum atomic E-state index is 0.0515. The lowest BCUT2D eigenvalue weighted by Gasteiger charge is -2.27. The normalized spacial score (nSPS) is 20.6. The number of anilines is 1. The van der Waals surface area contributed by atoms with Gasteiger partial charge in [0.25, 0.3) is 0 Å². The molecule has 1 amide bonds. The first-order valence-corrected chi connectivity index (χ1v) is 7.07.